The molecule has 1 aromatic rings. The summed E-state index contributed by atoms with van der Waals surface area (Å²) in [6.45, 7) is 3.40. The van der Waals surface area contributed by atoms with Crippen molar-refractivity contribution in [2.24, 2.45) is 0 Å². The average Bonchev–Trinajstić information content (AvgIpc) is 2.46. The van der Waals surface area contributed by atoms with Gasteiger partial charge in [-0.15, -0.1) is 11.8 Å². The summed E-state index contributed by atoms with van der Waals surface area (Å²) >= 11 is 1.62. The van der Waals surface area contributed by atoms with Crippen LogP contribution in [0.5, 0.6) is 5.75 Å². The lowest BCUT2D eigenvalue weighted by Crippen LogP contribution is -2.47. The van der Waals surface area contributed by atoms with E-state index in [0.717, 1.165) is 36.8 Å². The molecule has 2 rings (SSSR count). The van der Waals surface area contributed by atoms with Crippen LogP contribution in [-0.4, -0.2) is 49.8 Å². The van der Waals surface area contributed by atoms with Crippen LogP contribution in [0.4, 0.5) is 0 Å². The summed E-state index contributed by atoms with van der Waals surface area (Å²) in [5, 5.41) is 3.22. The molecule has 0 aromatic heterocycles. The number of para-hydroxylation sites is 1. The van der Waals surface area contributed by atoms with Crippen LogP contribution in [0.25, 0.3) is 0 Å². The van der Waals surface area contributed by atoms with Gasteiger partial charge in [-0.05, 0) is 18.4 Å². The Morgan fingerprint density at radius 1 is 1.39 bits per heavy atom. The lowest BCUT2D eigenvalue weighted by atomic mass is 10.3. The maximum absolute atomic E-state index is 11.9. The SMILES string of the molecule is CSc1ccccc1OCC(=O)N1CCNCC1. The minimum atomic E-state index is 0.0624. The van der Waals surface area contributed by atoms with Gasteiger partial charge in [0.05, 0.1) is 0 Å². The molecule has 0 spiro atoms. The summed E-state index contributed by atoms with van der Waals surface area (Å²) in [6, 6.07) is 7.79. The van der Waals surface area contributed by atoms with Crippen molar-refractivity contribution in [1.82, 2.24) is 10.2 Å². The van der Waals surface area contributed by atoms with E-state index in [4.69, 9.17) is 4.74 Å². The molecule has 0 bridgehead atoms. The molecule has 18 heavy (non-hydrogen) atoms. The lowest BCUT2D eigenvalue weighted by Gasteiger charge is -2.27. The van der Waals surface area contributed by atoms with Crippen molar-refractivity contribution >= 4 is 17.7 Å². The van der Waals surface area contributed by atoms with Crippen LogP contribution in [0.1, 0.15) is 0 Å². The number of ether oxygens (including phenoxy) is 1. The molecular weight excluding hydrogens is 248 g/mol. The highest BCUT2D eigenvalue weighted by atomic mass is 32.2. The second kappa shape index (κ2) is 6.66. The van der Waals surface area contributed by atoms with Gasteiger partial charge < -0.3 is 15.0 Å². The Kier molecular flexibility index (Phi) is 4.90. The van der Waals surface area contributed by atoms with Crippen molar-refractivity contribution in [2.45, 2.75) is 4.90 Å². The Hall–Kier alpha value is -1.20. The predicted octanol–water partition coefficient (Wildman–Crippen LogP) is 1.22. The molecule has 1 N–H and O–H groups in total. The largest absolute Gasteiger partial charge is 0.483 e. The van der Waals surface area contributed by atoms with Crippen molar-refractivity contribution in [3.8, 4) is 5.75 Å². The maximum atomic E-state index is 11.9. The summed E-state index contributed by atoms with van der Waals surface area (Å²) in [5.41, 5.74) is 0. The first kappa shape index (κ1) is 13.2. The zero-order chi connectivity index (χ0) is 12.8. The van der Waals surface area contributed by atoms with Crippen molar-refractivity contribution < 1.29 is 9.53 Å². The van der Waals surface area contributed by atoms with Gasteiger partial charge in [-0.2, -0.15) is 0 Å². The Balaban J connectivity index is 1.88. The quantitative estimate of drug-likeness (QED) is 0.832. The molecule has 0 unspecified atom stereocenters. The molecule has 1 heterocycles. The van der Waals surface area contributed by atoms with E-state index in [9.17, 15) is 4.79 Å². The number of carbonyl (C=O) groups excluding carboxylic acids is 1. The highest BCUT2D eigenvalue weighted by Gasteiger charge is 2.16. The summed E-state index contributed by atoms with van der Waals surface area (Å²) in [7, 11) is 0. The van der Waals surface area contributed by atoms with Crippen molar-refractivity contribution in [2.75, 3.05) is 39.0 Å². The molecule has 1 fully saturated rings. The predicted molar refractivity (Wildman–Crippen MR) is 73.2 cm³/mol. The molecule has 1 aromatic carbocycles. The Bertz CT molecular complexity index is 406. The van der Waals surface area contributed by atoms with Crippen molar-refractivity contribution in [3.63, 3.8) is 0 Å². The third-order valence-electron chi connectivity index (χ3n) is 2.89. The number of piperazine rings is 1. The van der Waals surface area contributed by atoms with E-state index in [1.807, 2.05) is 35.4 Å². The third-order valence-corrected chi connectivity index (χ3v) is 3.67. The molecule has 0 aliphatic carbocycles. The monoisotopic (exact) mass is 266 g/mol. The lowest BCUT2D eigenvalue weighted by molar-refractivity contribution is -0.133. The van der Waals surface area contributed by atoms with Gasteiger partial charge in [0.1, 0.15) is 5.75 Å². The molecule has 5 heteroatoms. The summed E-state index contributed by atoms with van der Waals surface area (Å²) in [4.78, 5) is 14.8. The first-order valence-electron chi connectivity index (χ1n) is 6.05. The van der Waals surface area contributed by atoms with Gasteiger partial charge in [0.25, 0.3) is 5.91 Å². The van der Waals surface area contributed by atoms with E-state index in [-0.39, 0.29) is 12.5 Å². The number of rotatable bonds is 4. The number of hydrogen-bond acceptors (Lipinski definition) is 4. The van der Waals surface area contributed by atoms with Crippen LogP contribution in [0.3, 0.4) is 0 Å². The van der Waals surface area contributed by atoms with Gasteiger partial charge in [0.15, 0.2) is 6.61 Å². The maximum Gasteiger partial charge on any atom is 0.260 e. The second-order valence-electron chi connectivity index (χ2n) is 4.07. The van der Waals surface area contributed by atoms with Crippen molar-refractivity contribution in [3.05, 3.63) is 24.3 Å². The highest BCUT2D eigenvalue weighted by molar-refractivity contribution is 7.98. The summed E-state index contributed by atoms with van der Waals surface area (Å²) < 4.78 is 5.61. The first-order chi connectivity index (χ1) is 8.81. The molecule has 1 saturated heterocycles. The topological polar surface area (TPSA) is 41.6 Å². The number of nitrogens with one attached hydrogen (secondary N) is 1. The molecule has 0 radical (unpaired) electrons. The van der Waals surface area contributed by atoms with E-state index in [1.165, 1.54) is 0 Å². The number of amides is 1. The van der Waals surface area contributed by atoms with Crippen LogP contribution in [0.15, 0.2) is 29.2 Å². The van der Waals surface area contributed by atoms with Crippen LogP contribution < -0.4 is 10.1 Å². The van der Waals surface area contributed by atoms with Crippen LogP contribution >= 0.6 is 11.8 Å². The zero-order valence-corrected chi connectivity index (χ0v) is 11.3. The molecule has 4 nitrogen and oxygen atoms in total. The smallest absolute Gasteiger partial charge is 0.260 e. The molecule has 1 aliphatic heterocycles. The zero-order valence-electron chi connectivity index (χ0n) is 10.5. The molecule has 98 valence electrons. The number of nitrogens with zero attached hydrogens (tertiary/aromatic N) is 1. The number of hydrogen-bond donors (Lipinski definition) is 1. The minimum Gasteiger partial charge on any atom is -0.483 e. The fraction of sp³-hybridized carbons (Fsp3) is 0.462. The van der Waals surface area contributed by atoms with E-state index >= 15 is 0 Å². The first-order valence-corrected chi connectivity index (χ1v) is 7.28. The van der Waals surface area contributed by atoms with Crippen LogP contribution in [0.2, 0.25) is 0 Å². The van der Waals surface area contributed by atoms with E-state index in [1.54, 1.807) is 11.8 Å². The van der Waals surface area contributed by atoms with E-state index in [2.05, 4.69) is 5.32 Å². The average molecular weight is 266 g/mol. The summed E-state index contributed by atoms with van der Waals surface area (Å²) in [6.07, 6.45) is 2.00. The highest BCUT2D eigenvalue weighted by Crippen LogP contribution is 2.26. The Morgan fingerprint density at radius 3 is 2.83 bits per heavy atom. The fourth-order valence-corrected chi connectivity index (χ4v) is 2.43. The number of thioether (sulfide) groups is 1. The molecule has 0 atom stereocenters. The molecular formula is C13H18N2O2S. The van der Waals surface area contributed by atoms with Gasteiger partial charge >= 0.3 is 0 Å². The molecule has 1 amide bonds. The summed E-state index contributed by atoms with van der Waals surface area (Å²) in [5.74, 6) is 0.848. The van der Waals surface area contributed by atoms with Gasteiger partial charge in [-0.1, -0.05) is 12.1 Å². The van der Waals surface area contributed by atoms with Gasteiger partial charge in [0, 0.05) is 31.1 Å². The molecule has 0 saturated carbocycles. The normalized spacial score (nSPS) is 15.5. The second-order valence-corrected chi connectivity index (χ2v) is 4.92. The fourth-order valence-electron chi connectivity index (χ4n) is 1.88. The van der Waals surface area contributed by atoms with Crippen LogP contribution in [0, 0.1) is 0 Å². The van der Waals surface area contributed by atoms with Gasteiger partial charge in [0.2, 0.25) is 0 Å². The third kappa shape index (κ3) is 3.40. The van der Waals surface area contributed by atoms with Crippen LogP contribution in [-0.2, 0) is 4.79 Å². The Labute approximate surface area is 112 Å². The van der Waals surface area contributed by atoms with Crippen molar-refractivity contribution in [1.29, 1.82) is 0 Å². The van der Waals surface area contributed by atoms with E-state index < -0.39 is 0 Å². The van der Waals surface area contributed by atoms with Gasteiger partial charge in [-0.25, -0.2) is 0 Å². The molecule has 1 aliphatic rings. The Morgan fingerprint density at radius 2 is 2.11 bits per heavy atom. The minimum absolute atomic E-state index is 0.0624. The number of benzene rings is 1. The standard InChI is InChI=1S/C13H18N2O2S/c1-18-12-5-3-2-4-11(12)17-10-13(16)15-8-6-14-7-9-15/h2-5,14H,6-10H2,1H3. The number of carbonyl (C=O) groups is 1. The van der Waals surface area contributed by atoms with Gasteiger partial charge in [-0.3, -0.25) is 4.79 Å². The van der Waals surface area contributed by atoms with E-state index in [0.29, 0.717) is 0 Å².